The van der Waals surface area contributed by atoms with Crippen LogP contribution in [0, 0.1) is 6.92 Å². The van der Waals surface area contributed by atoms with Crippen LogP contribution in [0.1, 0.15) is 75.4 Å². The molecule has 0 spiro atoms. The molecular weight excluding hydrogens is 344 g/mol. The Morgan fingerprint density at radius 1 is 0.750 bits per heavy atom. The number of phenolic OH excluding ortho intramolecular Hbond substituents is 1. The summed E-state index contributed by atoms with van der Waals surface area (Å²) in [4.78, 5) is 0. The van der Waals surface area contributed by atoms with Crippen LogP contribution in [0.3, 0.4) is 0 Å². The minimum absolute atomic E-state index is 0.0680. The van der Waals surface area contributed by atoms with Crippen LogP contribution in [0.4, 0.5) is 0 Å². The molecule has 0 aromatic heterocycles. The molecule has 0 radical (unpaired) electrons. The lowest BCUT2D eigenvalue weighted by Crippen LogP contribution is -2.37. The lowest BCUT2D eigenvalue weighted by atomic mass is 9.77. The average Bonchev–Trinajstić information content (AvgIpc) is 2.55. The maximum atomic E-state index is 11.1. The van der Waals surface area contributed by atoms with Crippen LogP contribution in [-0.2, 0) is 10.8 Å². The predicted octanol–water partition coefficient (Wildman–Crippen LogP) is 5.79. The first-order valence-corrected chi connectivity index (χ1v) is 10.1. The van der Waals surface area contributed by atoms with E-state index in [0.717, 1.165) is 11.1 Å². The van der Waals surface area contributed by atoms with Crippen LogP contribution in [0.5, 0.6) is 5.75 Å². The van der Waals surface area contributed by atoms with Crippen LogP contribution in [0.2, 0.25) is 0 Å². The third-order valence-electron chi connectivity index (χ3n) is 5.46. The van der Waals surface area contributed by atoms with Gasteiger partial charge in [0.05, 0.1) is 6.04 Å². The van der Waals surface area contributed by atoms with E-state index in [1.807, 2.05) is 0 Å². The number of phenols is 1. The third-order valence-corrected chi connectivity index (χ3v) is 5.46. The number of rotatable bonds is 4. The van der Waals surface area contributed by atoms with E-state index in [1.165, 1.54) is 16.7 Å². The number of aromatic hydroxyl groups is 1. The molecule has 1 atom stereocenters. The maximum absolute atomic E-state index is 11.1. The fourth-order valence-electron chi connectivity index (χ4n) is 3.56. The molecule has 0 saturated carbocycles. The Morgan fingerprint density at radius 3 is 1.54 bits per heavy atom. The van der Waals surface area contributed by atoms with Crippen LogP contribution < -0.4 is 0 Å². The zero-order valence-corrected chi connectivity index (χ0v) is 19.4. The van der Waals surface area contributed by atoms with Gasteiger partial charge in [0.1, 0.15) is 5.75 Å². The second-order valence-electron chi connectivity index (χ2n) is 10.2. The summed E-state index contributed by atoms with van der Waals surface area (Å²) in [6, 6.07) is 13.2. The van der Waals surface area contributed by atoms with Crippen molar-refractivity contribution in [3.05, 3.63) is 64.2 Å². The summed E-state index contributed by atoms with van der Waals surface area (Å²) in [5.74, 6) is 0.430. The zero-order chi connectivity index (χ0) is 21.4. The summed E-state index contributed by atoms with van der Waals surface area (Å²) in [6.45, 7) is 15.1. The van der Waals surface area contributed by atoms with Crippen molar-refractivity contribution in [2.45, 2.75) is 65.3 Å². The molecule has 0 bridgehead atoms. The summed E-state index contributed by atoms with van der Waals surface area (Å²) in [5, 5.41) is 15.5. The molecular formula is C25H38N2O. The molecule has 0 heterocycles. The lowest BCUT2D eigenvalue weighted by molar-refractivity contribution is 0.0246. The van der Waals surface area contributed by atoms with Gasteiger partial charge in [0, 0.05) is 21.1 Å². The molecule has 2 rings (SSSR count). The quantitative estimate of drug-likeness (QED) is 0.678. The molecule has 3 heteroatoms. The Kier molecular flexibility index (Phi) is 6.32. The zero-order valence-electron chi connectivity index (χ0n) is 19.4. The summed E-state index contributed by atoms with van der Waals surface area (Å²) in [5.41, 5.74) is 5.41. The molecule has 2 aromatic carbocycles. The number of aryl methyl sites for hydroxylation is 1. The number of nitrogens with zero attached hydrogens (tertiary/aromatic N) is 2. The topological polar surface area (TPSA) is 26.7 Å². The molecule has 28 heavy (non-hydrogen) atoms. The minimum Gasteiger partial charge on any atom is -0.507 e. The Hall–Kier alpha value is -1.84. The molecule has 0 fully saturated rings. The molecule has 0 aliphatic rings. The van der Waals surface area contributed by atoms with Gasteiger partial charge in [0.2, 0.25) is 0 Å². The normalized spacial score (nSPS) is 14.0. The van der Waals surface area contributed by atoms with Crippen molar-refractivity contribution in [2.24, 2.45) is 0 Å². The highest BCUT2D eigenvalue weighted by atomic mass is 16.3. The average molecular weight is 383 g/mol. The van der Waals surface area contributed by atoms with Crippen molar-refractivity contribution >= 4 is 0 Å². The third kappa shape index (κ3) is 4.76. The van der Waals surface area contributed by atoms with Gasteiger partial charge in [-0.15, -0.1) is 0 Å². The van der Waals surface area contributed by atoms with Crippen LogP contribution in [0.25, 0.3) is 0 Å². The lowest BCUT2D eigenvalue weighted by Gasteiger charge is -2.36. The Bertz CT molecular complexity index is 773. The molecule has 0 aliphatic heterocycles. The van der Waals surface area contributed by atoms with Crippen molar-refractivity contribution in [3.63, 3.8) is 0 Å². The summed E-state index contributed by atoms with van der Waals surface area (Å²) >= 11 is 0. The van der Waals surface area contributed by atoms with E-state index in [1.54, 1.807) is 0 Å². The predicted molar refractivity (Wildman–Crippen MR) is 120 cm³/mol. The second-order valence-corrected chi connectivity index (χ2v) is 10.2. The molecule has 0 saturated heterocycles. The smallest absolute Gasteiger partial charge is 0.123 e. The summed E-state index contributed by atoms with van der Waals surface area (Å²) < 4.78 is 0. The molecule has 3 nitrogen and oxygen atoms in total. The van der Waals surface area contributed by atoms with Crippen molar-refractivity contribution in [3.8, 4) is 5.75 Å². The highest BCUT2D eigenvalue weighted by Crippen LogP contribution is 2.42. The van der Waals surface area contributed by atoms with E-state index >= 15 is 0 Å². The molecule has 1 N–H and O–H groups in total. The van der Waals surface area contributed by atoms with Gasteiger partial charge in [-0.25, -0.2) is 10.0 Å². The van der Waals surface area contributed by atoms with E-state index in [-0.39, 0.29) is 16.9 Å². The summed E-state index contributed by atoms with van der Waals surface area (Å²) in [6.07, 6.45) is 0. The standard InChI is InChI=1S/C25H38N2O/c1-17-11-13-18(14-12-17)22(27(10)26(8)9)19-15-20(24(2,3)4)23(28)21(16-19)25(5,6)7/h11-16,22,28H,1-10H3. The van der Waals surface area contributed by atoms with Gasteiger partial charge < -0.3 is 5.11 Å². The van der Waals surface area contributed by atoms with Crippen molar-refractivity contribution in [1.82, 2.24) is 10.0 Å². The number of hydrogen-bond donors (Lipinski definition) is 1. The van der Waals surface area contributed by atoms with Crippen LogP contribution in [0.15, 0.2) is 36.4 Å². The van der Waals surface area contributed by atoms with E-state index in [0.29, 0.717) is 5.75 Å². The van der Waals surface area contributed by atoms with Gasteiger partial charge in [-0.3, -0.25) is 0 Å². The highest BCUT2D eigenvalue weighted by molar-refractivity contribution is 5.52. The van der Waals surface area contributed by atoms with E-state index in [9.17, 15) is 5.11 Å². The van der Waals surface area contributed by atoms with Gasteiger partial charge in [-0.2, -0.15) is 0 Å². The largest absolute Gasteiger partial charge is 0.507 e. The summed E-state index contributed by atoms with van der Waals surface area (Å²) in [7, 11) is 6.25. The maximum Gasteiger partial charge on any atom is 0.123 e. The van der Waals surface area contributed by atoms with Crippen LogP contribution >= 0.6 is 0 Å². The van der Waals surface area contributed by atoms with Gasteiger partial charge in [0.25, 0.3) is 0 Å². The fourth-order valence-corrected chi connectivity index (χ4v) is 3.56. The number of benzene rings is 2. The van der Waals surface area contributed by atoms with Gasteiger partial charge >= 0.3 is 0 Å². The first-order valence-electron chi connectivity index (χ1n) is 10.1. The SMILES string of the molecule is Cc1ccc(C(c2cc(C(C)(C)C)c(O)c(C(C)(C)C)c2)N(C)N(C)C)cc1. The monoisotopic (exact) mass is 382 g/mol. The molecule has 2 aromatic rings. The molecule has 0 amide bonds. The molecule has 0 aliphatic carbocycles. The van der Waals surface area contributed by atoms with Gasteiger partial charge in [0.15, 0.2) is 0 Å². The molecule has 154 valence electrons. The van der Waals surface area contributed by atoms with Crippen molar-refractivity contribution in [2.75, 3.05) is 21.1 Å². The minimum atomic E-state index is -0.144. The van der Waals surface area contributed by atoms with E-state index in [4.69, 9.17) is 0 Å². The van der Waals surface area contributed by atoms with Gasteiger partial charge in [-0.1, -0.05) is 71.4 Å². The van der Waals surface area contributed by atoms with Crippen molar-refractivity contribution < 1.29 is 5.11 Å². The Labute approximate surface area is 172 Å². The number of hydrogen-bond acceptors (Lipinski definition) is 3. The van der Waals surface area contributed by atoms with E-state index < -0.39 is 0 Å². The highest BCUT2D eigenvalue weighted by Gasteiger charge is 2.30. The second kappa shape index (κ2) is 7.88. The van der Waals surface area contributed by atoms with Gasteiger partial charge in [-0.05, 0) is 52.1 Å². The Balaban J connectivity index is 2.80. The molecule has 1 unspecified atom stereocenters. The first-order chi connectivity index (χ1) is 12.7. The fraction of sp³-hybridized carbons (Fsp3) is 0.520. The van der Waals surface area contributed by atoms with Crippen molar-refractivity contribution in [1.29, 1.82) is 0 Å². The van der Waals surface area contributed by atoms with E-state index in [2.05, 4.69) is 116 Å². The van der Waals surface area contributed by atoms with Crippen LogP contribution in [-0.4, -0.2) is 36.3 Å². The first kappa shape index (κ1) is 22.4. The number of hydrazine groups is 1. The Morgan fingerprint density at radius 2 is 1.18 bits per heavy atom.